The lowest BCUT2D eigenvalue weighted by Crippen LogP contribution is -2.31. The zero-order valence-electron chi connectivity index (χ0n) is 11.3. The fourth-order valence-corrected chi connectivity index (χ4v) is 2.08. The molecular formula is C11H11F4NO5P+. The first kappa shape index (κ1) is 18.1. The molecule has 1 aromatic carbocycles. The average Bonchev–Trinajstić information content (AvgIpc) is 2.47. The summed E-state index contributed by atoms with van der Waals surface area (Å²) >= 11 is 0. The number of benzene rings is 1. The lowest BCUT2D eigenvalue weighted by atomic mass is 10.2. The summed E-state index contributed by atoms with van der Waals surface area (Å²) in [6, 6.07) is -1.15. The Morgan fingerprint density at radius 3 is 2.32 bits per heavy atom. The number of carbonyl (C=O) groups is 1. The Morgan fingerprint density at radius 2 is 1.77 bits per heavy atom. The van der Waals surface area contributed by atoms with Crippen LogP contribution >= 0.6 is 8.18 Å². The second kappa shape index (κ2) is 7.37. The molecule has 6 nitrogen and oxygen atoms in total. The third kappa shape index (κ3) is 3.83. The minimum absolute atomic E-state index is 0.0479. The molecule has 0 heterocycles. The van der Waals surface area contributed by atoms with Crippen LogP contribution in [0.5, 0.6) is 11.5 Å². The van der Waals surface area contributed by atoms with Crippen molar-refractivity contribution in [3.05, 3.63) is 23.3 Å². The molecule has 0 aliphatic heterocycles. The highest BCUT2D eigenvalue weighted by Gasteiger charge is 2.35. The fraction of sp³-hybridized carbons (Fsp3) is 0.364. The topological polar surface area (TPSA) is 84.9 Å². The Balaban J connectivity index is 2.92. The zero-order valence-corrected chi connectivity index (χ0v) is 12.2. The van der Waals surface area contributed by atoms with E-state index in [4.69, 9.17) is 5.11 Å². The van der Waals surface area contributed by atoms with Gasteiger partial charge >= 0.3 is 14.1 Å². The van der Waals surface area contributed by atoms with Gasteiger partial charge in [0.1, 0.15) is 6.04 Å². The lowest BCUT2D eigenvalue weighted by Gasteiger charge is -2.06. The highest BCUT2D eigenvalue weighted by Crippen LogP contribution is 2.39. The van der Waals surface area contributed by atoms with E-state index in [9.17, 15) is 26.9 Å². The highest BCUT2D eigenvalue weighted by atomic mass is 31.1. The van der Waals surface area contributed by atoms with Crippen LogP contribution in [0.25, 0.3) is 0 Å². The number of carbonyl (C=O) groups excluding carboxylic acids is 1. The van der Waals surface area contributed by atoms with E-state index in [-0.39, 0.29) is 6.61 Å². The minimum atomic E-state index is -3.06. The van der Waals surface area contributed by atoms with Crippen molar-refractivity contribution < 1.29 is 41.3 Å². The fourth-order valence-electron chi connectivity index (χ4n) is 1.27. The van der Waals surface area contributed by atoms with Crippen molar-refractivity contribution in [2.24, 2.45) is 0 Å². The number of hydrogen-bond donors (Lipinski definition) is 2. The number of phenolic OH excluding ortho intramolecular Hbond substituents is 1. The molecular weight excluding hydrogens is 333 g/mol. The molecule has 0 bridgehead atoms. The van der Waals surface area contributed by atoms with Crippen molar-refractivity contribution >= 4 is 14.1 Å². The van der Waals surface area contributed by atoms with Gasteiger partial charge in [-0.3, -0.25) is 4.79 Å². The summed E-state index contributed by atoms with van der Waals surface area (Å²) in [4.78, 5) is 11.3. The maximum absolute atomic E-state index is 13.4. The molecule has 0 fully saturated rings. The maximum atomic E-state index is 13.4. The molecule has 22 heavy (non-hydrogen) atoms. The molecule has 0 aromatic heterocycles. The first-order valence-electron chi connectivity index (χ1n) is 5.83. The van der Waals surface area contributed by atoms with Crippen LogP contribution in [0.1, 0.15) is 13.8 Å². The monoisotopic (exact) mass is 344 g/mol. The van der Waals surface area contributed by atoms with Crippen molar-refractivity contribution in [2.75, 3.05) is 6.61 Å². The first-order chi connectivity index (χ1) is 10.2. The number of esters is 1. The number of hydrogen-bond acceptors (Lipinski definition) is 5. The quantitative estimate of drug-likeness (QED) is 0.271. The molecule has 11 heteroatoms. The molecule has 0 radical (unpaired) electrons. The van der Waals surface area contributed by atoms with Crippen molar-refractivity contribution in [3.63, 3.8) is 0 Å². The summed E-state index contributed by atoms with van der Waals surface area (Å²) in [6.07, 6.45) is 0. The van der Waals surface area contributed by atoms with Gasteiger partial charge in [-0.15, -0.1) is 0 Å². The molecule has 1 aromatic rings. The molecule has 0 aliphatic rings. The third-order valence-corrected chi connectivity index (χ3v) is 3.26. The van der Waals surface area contributed by atoms with Gasteiger partial charge in [0.05, 0.1) is 6.61 Å². The van der Waals surface area contributed by atoms with Crippen LogP contribution in [0.15, 0.2) is 0 Å². The second-order valence-corrected chi connectivity index (χ2v) is 4.84. The van der Waals surface area contributed by atoms with Crippen LogP contribution < -0.4 is 9.61 Å². The standard InChI is InChI=1S/C11H10F4NO5P/c1-3-20-11(18)4(2)16-22(19)21-10-8(15)6(13)5(12)7(14)9(10)17/h4H,3H2,1-2H3,(H-,16,17,19)/p+1/t4-/m0/s1. The van der Waals surface area contributed by atoms with E-state index in [1.54, 1.807) is 0 Å². The Hall–Kier alpha value is -1.93. The predicted molar refractivity (Wildman–Crippen MR) is 65.4 cm³/mol. The summed E-state index contributed by atoms with van der Waals surface area (Å²) < 4.78 is 72.7. The minimum Gasteiger partial charge on any atom is -0.502 e. The van der Waals surface area contributed by atoms with E-state index in [0.717, 1.165) is 0 Å². The van der Waals surface area contributed by atoms with Gasteiger partial charge in [0.2, 0.25) is 29.0 Å². The van der Waals surface area contributed by atoms with Gasteiger partial charge in [-0.05, 0) is 13.8 Å². The number of rotatable bonds is 6. The summed E-state index contributed by atoms with van der Waals surface area (Å²) in [7, 11) is -3.06. The van der Waals surface area contributed by atoms with Crippen LogP contribution in [-0.2, 0) is 14.1 Å². The van der Waals surface area contributed by atoms with Crippen LogP contribution in [-0.4, -0.2) is 23.7 Å². The molecule has 0 amide bonds. The van der Waals surface area contributed by atoms with Crippen molar-refractivity contribution in [2.45, 2.75) is 19.9 Å². The van der Waals surface area contributed by atoms with Gasteiger partial charge in [0.15, 0.2) is 0 Å². The molecule has 0 saturated heterocycles. The van der Waals surface area contributed by atoms with E-state index < -0.39 is 55.0 Å². The lowest BCUT2D eigenvalue weighted by molar-refractivity contribution is -0.144. The van der Waals surface area contributed by atoms with Crippen LogP contribution in [0.2, 0.25) is 0 Å². The summed E-state index contributed by atoms with van der Waals surface area (Å²) in [5.74, 6) is -12.6. The Labute approximate surface area is 122 Å². The molecule has 122 valence electrons. The summed E-state index contributed by atoms with van der Waals surface area (Å²) in [5.41, 5.74) is 0. The van der Waals surface area contributed by atoms with Crippen molar-refractivity contribution in [3.8, 4) is 11.5 Å². The van der Waals surface area contributed by atoms with E-state index in [1.165, 1.54) is 13.8 Å². The number of phenols is 1. The van der Waals surface area contributed by atoms with E-state index in [1.807, 2.05) is 5.09 Å². The van der Waals surface area contributed by atoms with E-state index in [0.29, 0.717) is 0 Å². The van der Waals surface area contributed by atoms with Gasteiger partial charge in [0, 0.05) is 4.57 Å². The Kier molecular flexibility index (Phi) is 6.07. The van der Waals surface area contributed by atoms with Crippen molar-refractivity contribution in [1.29, 1.82) is 0 Å². The summed E-state index contributed by atoms with van der Waals surface area (Å²) in [5, 5.41) is 11.2. The van der Waals surface area contributed by atoms with Gasteiger partial charge in [-0.25, -0.2) is 13.3 Å². The molecule has 0 saturated carbocycles. The predicted octanol–water partition coefficient (Wildman–Crippen LogP) is 2.53. The number of ether oxygens (including phenoxy) is 1. The zero-order chi connectivity index (χ0) is 17.0. The average molecular weight is 344 g/mol. The SMILES string of the molecule is CCOC(=O)[C@H](C)N[P+](=O)Oc1c(O)c(F)c(F)c(F)c1F. The smallest absolute Gasteiger partial charge is 0.502 e. The Bertz CT molecular complexity index is 584. The van der Waals surface area contributed by atoms with Crippen LogP contribution in [0, 0.1) is 23.3 Å². The number of aromatic hydroxyl groups is 1. The molecule has 1 unspecified atom stereocenters. The first-order valence-corrected chi connectivity index (χ1v) is 7.01. The number of nitrogens with one attached hydrogen (secondary N) is 1. The molecule has 0 aliphatic carbocycles. The van der Waals surface area contributed by atoms with Crippen LogP contribution in [0.3, 0.4) is 0 Å². The highest BCUT2D eigenvalue weighted by molar-refractivity contribution is 7.37. The molecule has 1 rings (SSSR count). The maximum Gasteiger partial charge on any atom is 0.664 e. The third-order valence-electron chi connectivity index (χ3n) is 2.31. The molecule has 2 atom stereocenters. The molecule has 2 N–H and O–H groups in total. The summed E-state index contributed by atoms with van der Waals surface area (Å²) in [6.45, 7) is 2.81. The van der Waals surface area contributed by atoms with E-state index >= 15 is 0 Å². The van der Waals surface area contributed by atoms with E-state index in [2.05, 4.69) is 9.26 Å². The normalized spacial score (nSPS) is 12.7. The largest absolute Gasteiger partial charge is 0.664 e. The number of halogens is 4. The second-order valence-electron chi connectivity index (χ2n) is 3.88. The Morgan fingerprint density at radius 1 is 1.23 bits per heavy atom. The van der Waals surface area contributed by atoms with Gasteiger partial charge in [-0.1, -0.05) is 5.09 Å². The molecule has 0 spiro atoms. The van der Waals surface area contributed by atoms with Gasteiger partial charge < -0.3 is 9.84 Å². The van der Waals surface area contributed by atoms with Gasteiger partial charge in [-0.2, -0.15) is 8.78 Å². The van der Waals surface area contributed by atoms with Gasteiger partial charge in [0.25, 0.3) is 5.75 Å². The van der Waals surface area contributed by atoms with Crippen LogP contribution in [0.4, 0.5) is 17.6 Å². The van der Waals surface area contributed by atoms with Crippen molar-refractivity contribution in [1.82, 2.24) is 5.09 Å².